The van der Waals surface area contributed by atoms with Gasteiger partial charge in [0.1, 0.15) is 11.4 Å². The topological polar surface area (TPSA) is 50.4 Å². The molecular formula is C20H33FN2O2. The van der Waals surface area contributed by atoms with Crippen LogP contribution in [0.1, 0.15) is 59.1 Å². The van der Waals surface area contributed by atoms with E-state index in [0.29, 0.717) is 19.0 Å². The Morgan fingerprint density at radius 1 is 1.24 bits per heavy atom. The molecule has 0 aliphatic carbocycles. The largest absolute Gasteiger partial charge is 0.444 e. The first kappa shape index (κ1) is 21.4. The van der Waals surface area contributed by atoms with E-state index in [1.54, 1.807) is 6.07 Å². The molecule has 5 heteroatoms. The Labute approximate surface area is 151 Å². The van der Waals surface area contributed by atoms with E-state index in [1.165, 1.54) is 12.1 Å². The Balaban J connectivity index is 2.72. The molecule has 1 aromatic carbocycles. The maximum Gasteiger partial charge on any atom is 0.407 e. The molecule has 0 radical (unpaired) electrons. The number of amides is 1. The zero-order chi connectivity index (χ0) is 19.3. The maximum absolute atomic E-state index is 13.3. The molecule has 0 aromatic heterocycles. The fourth-order valence-electron chi connectivity index (χ4n) is 2.86. The lowest BCUT2D eigenvalue weighted by molar-refractivity contribution is 0.0507. The van der Waals surface area contributed by atoms with Gasteiger partial charge in [-0.3, -0.25) is 0 Å². The highest BCUT2D eigenvalue weighted by atomic mass is 19.1. The summed E-state index contributed by atoms with van der Waals surface area (Å²) in [7, 11) is 0. The van der Waals surface area contributed by atoms with Crippen LogP contribution in [0.5, 0.6) is 0 Å². The Morgan fingerprint density at radius 3 is 2.40 bits per heavy atom. The van der Waals surface area contributed by atoms with Crippen LogP contribution in [-0.4, -0.2) is 23.8 Å². The van der Waals surface area contributed by atoms with Gasteiger partial charge in [-0.2, -0.15) is 0 Å². The summed E-state index contributed by atoms with van der Waals surface area (Å²) in [4.78, 5) is 12.0. The summed E-state index contributed by atoms with van der Waals surface area (Å²) >= 11 is 0. The lowest BCUT2D eigenvalue weighted by atomic mass is 9.90. The molecule has 2 N–H and O–H groups in total. The van der Waals surface area contributed by atoms with Crippen LogP contribution in [0.3, 0.4) is 0 Å². The summed E-state index contributed by atoms with van der Waals surface area (Å²) in [6.07, 6.45) is 0.477. The zero-order valence-corrected chi connectivity index (χ0v) is 16.6. The minimum atomic E-state index is -0.517. The second-order valence-electron chi connectivity index (χ2n) is 8.44. The summed E-state index contributed by atoms with van der Waals surface area (Å²) in [5, 5.41) is 6.39. The molecule has 0 fully saturated rings. The van der Waals surface area contributed by atoms with Crippen LogP contribution in [0.2, 0.25) is 0 Å². The Morgan fingerprint density at radius 2 is 1.88 bits per heavy atom. The van der Waals surface area contributed by atoms with E-state index >= 15 is 0 Å². The van der Waals surface area contributed by atoms with Crippen molar-refractivity contribution in [2.24, 2.45) is 5.92 Å². The normalized spacial score (nSPS) is 14.3. The van der Waals surface area contributed by atoms with E-state index in [1.807, 2.05) is 27.7 Å². The van der Waals surface area contributed by atoms with Crippen molar-refractivity contribution in [2.75, 3.05) is 6.54 Å². The monoisotopic (exact) mass is 352 g/mol. The smallest absolute Gasteiger partial charge is 0.407 e. The van der Waals surface area contributed by atoms with Crippen molar-refractivity contribution < 1.29 is 13.9 Å². The first-order chi connectivity index (χ1) is 11.4. The van der Waals surface area contributed by atoms with E-state index in [4.69, 9.17) is 4.74 Å². The molecule has 1 atom stereocenters. The average Bonchev–Trinajstić information content (AvgIpc) is 2.42. The van der Waals surface area contributed by atoms with Crippen LogP contribution in [-0.2, 0) is 11.3 Å². The molecule has 0 saturated heterocycles. The molecule has 0 aliphatic heterocycles. The fourth-order valence-corrected chi connectivity index (χ4v) is 2.86. The molecule has 142 valence electrons. The Kier molecular flexibility index (Phi) is 7.42. The van der Waals surface area contributed by atoms with Crippen LogP contribution < -0.4 is 10.6 Å². The molecule has 0 saturated carbocycles. The number of halogens is 1. The maximum atomic E-state index is 13.3. The zero-order valence-electron chi connectivity index (χ0n) is 16.6. The van der Waals surface area contributed by atoms with Crippen molar-refractivity contribution in [3.8, 4) is 0 Å². The van der Waals surface area contributed by atoms with Gasteiger partial charge in [0, 0.05) is 18.6 Å². The lowest BCUT2D eigenvalue weighted by Gasteiger charge is -2.33. The molecular weight excluding hydrogens is 319 g/mol. The number of carbonyl (C=O) groups excluding carboxylic acids is 1. The molecule has 0 bridgehead atoms. The SMILES string of the molecule is Cc1cc(F)ccc1CNC(C)(CNC(=O)OC(C)(C)C)CC(C)C. The third-order valence-electron chi connectivity index (χ3n) is 3.89. The van der Waals surface area contributed by atoms with Gasteiger partial charge in [-0.05, 0) is 70.2 Å². The Bertz CT molecular complexity index is 582. The van der Waals surface area contributed by atoms with Gasteiger partial charge in [-0.25, -0.2) is 9.18 Å². The van der Waals surface area contributed by atoms with Crippen molar-refractivity contribution >= 4 is 6.09 Å². The molecule has 0 aliphatic rings. The van der Waals surface area contributed by atoms with E-state index in [-0.39, 0.29) is 11.4 Å². The van der Waals surface area contributed by atoms with Crippen molar-refractivity contribution in [1.82, 2.24) is 10.6 Å². The van der Waals surface area contributed by atoms with Gasteiger partial charge < -0.3 is 15.4 Å². The van der Waals surface area contributed by atoms with E-state index < -0.39 is 11.7 Å². The van der Waals surface area contributed by atoms with Gasteiger partial charge in [0.2, 0.25) is 0 Å². The van der Waals surface area contributed by atoms with Crippen molar-refractivity contribution in [3.05, 3.63) is 35.1 Å². The van der Waals surface area contributed by atoms with Gasteiger partial charge in [-0.1, -0.05) is 19.9 Å². The van der Waals surface area contributed by atoms with E-state index in [0.717, 1.165) is 17.5 Å². The highest BCUT2D eigenvalue weighted by Crippen LogP contribution is 2.18. The third kappa shape index (κ3) is 8.34. The van der Waals surface area contributed by atoms with E-state index in [2.05, 4.69) is 31.4 Å². The lowest BCUT2D eigenvalue weighted by Crippen LogP contribution is -2.52. The molecule has 1 amide bonds. The first-order valence-corrected chi connectivity index (χ1v) is 8.87. The highest BCUT2D eigenvalue weighted by molar-refractivity contribution is 5.67. The van der Waals surface area contributed by atoms with Gasteiger partial charge in [-0.15, -0.1) is 0 Å². The third-order valence-corrected chi connectivity index (χ3v) is 3.89. The van der Waals surface area contributed by atoms with Crippen molar-refractivity contribution in [3.63, 3.8) is 0 Å². The molecule has 0 heterocycles. The number of carbonyl (C=O) groups is 1. The van der Waals surface area contributed by atoms with Crippen LogP contribution in [0.15, 0.2) is 18.2 Å². The number of benzene rings is 1. The van der Waals surface area contributed by atoms with Crippen LogP contribution in [0, 0.1) is 18.7 Å². The summed E-state index contributed by atoms with van der Waals surface area (Å²) in [5.41, 5.74) is 1.16. The van der Waals surface area contributed by atoms with Crippen molar-refractivity contribution in [2.45, 2.75) is 72.6 Å². The number of aryl methyl sites for hydroxylation is 1. The molecule has 1 unspecified atom stereocenters. The fraction of sp³-hybridized carbons (Fsp3) is 0.650. The predicted octanol–water partition coefficient (Wildman–Crippen LogP) is 4.55. The van der Waals surface area contributed by atoms with Crippen LogP contribution in [0.4, 0.5) is 9.18 Å². The summed E-state index contributed by atoms with van der Waals surface area (Å²) in [6.45, 7) is 14.9. The van der Waals surface area contributed by atoms with Gasteiger partial charge >= 0.3 is 6.09 Å². The molecule has 1 rings (SSSR count). The van der Waals surface area contributed by atoms with E-state index in [9.17, 15) is 9.18 Å². The van der Waals surface area contributed by atoms with Crippen molar-refractivity contribution in [1.29, 1.82) is 0 Å². The second-order valence-corrected chi connectivity index (χ2v) is 8.44. The number of hydrogen-bond donors (Lipinski definition) is 2. The predicted molar refractivity (Wildman–Crippen MR) is 100 cm³/mol. The van der Waals surface area contributed by atoms with Crippen LogP contribution in [0.25, 0.3) is 0 Å². The number of alkyl carbamates (subject to hydrolysis) is 1. The quantitative estimate of drug-likeness (QED) is 0.757. The standard InChI is InChI=1S/C20H33FN2O2/c1-14(2)11-20(7,13-22-18(24)25-19(4,5)6)23-12-16-8-9-17(21)10-15(16)3/h8-10,14,23H,11-13H2,1-7H3,(H,22,24). The summed E-state index contributed by atoms with van der Waals surface area (Å²) < 4.78 is 18.6. The molecule has 0 spiro atoms. The highest BCUT2D eigenvalue weighted by Gasteiger charge is 2.27. The molecule has 25 heavy (non-hydrogen) atoms. The minimum Gasteiger partial charge on any atom is -0.444 e. The van der Waals surface area contributed by atoms with Gasteiger partial charge in [0.15, 0.2) is 0 Å². The van der Waals surface area contributed by atoms with Gasteiger partial charge in [0.05, 0.1) is 0 Å². The number of nitrogens with one attached hydrogen (secondary N) is 2. The first-order valence-electron chi connectivity index (χ1n) is 8.87. The molecule has 4 nitrogen and oxygen atoms in total. The number of rotatable bonds is 7. The summed E-state index contributed by atoms with van der Waals surface area (Å²) in [5.74, 6) is 0.241. The molecule has 1 aromatic rings. The van der Waals surface area contributed by atoms with Gasteiger partial charge in [0.25, 0.3) is 0 Å². The number of ether oxygens (including phenoxy) is 1. The second kappa shape index (κ2) is 8.65. The average molecular weight is 352 g/mol. The summed E-state index contributed by atoms with van der Waals surface area (Å²) in [6, 6.07) is 4.81. The number of hydrogen-bond acceptors (Lipinski definition) is 3. The Hall–Kier alpha value is -1.62. The van der Waals surface area contributed by atoms with Crippen LogP contribution >= 0.6 is 0 Å². The minimum absolute atomic E-state index is 0.224.